The van der Waals surface area contributed by atoms with Crippen LogP contribution < -0.4 is 16.3 Å². The van der Waals surface area contributed by atoms with Gasteiger partial charge in [-0.15, -0.1) is 12.4 Å². The second-order valence-electron chi connectivity index (χ2n) is 2.80. The van der Waals surface area contributed by atoms with Gasteiger partial charge >= 0.3 is 6.03 Å². The van der Waals surface area contributed by atoms with E-state index in [9.17, 15) is 4.79 Å². The predicted octanol–water partition coefficient (Wildman–Crippen LogP) is -0.182. The number of amides is 2. The standard InChI is InChI=1S/C9H9N3O.ClH/c10-9(13)12-5-7-3-1-2-4-8(7)11-6-12;/h1-5H,6H2,(H2,10,13);1H. The largest absolute Gasteiger partial charge is 0.351 e. The minimum atomic E-state index is -0.474. The average Bonchev–Trinajstić information content (AvgIpc) is 2.17. The van der Waals surface area contributed by atoms with E-state index in [1.165, 1.54) is 4.90 Å². The van der Waals surface area contributed by atoms with Gasteiger partial charge in [-0.1, -0.05) is 18.2 Å². The van der Waals surface area contributed by atoms with Gasteiger partial charge in [0.25, 0.3) is 0 Å². The zero-order valence-electron chi connectivity index (χ0n) is 7.38. The Morgan fingerprint density at radius 3 is 2.86 bits per heavy atom. The van der Waals surface area contributed by atoms with Gasteiger partial charge in [-0.3, -0.25) is 9.89 Å². The van der Waals surface area contributed by atoms with Crippen LogP contribution in [0.4, 0.5) is 4.79 Å². The van der Waals surface area contributed by atoms with Crippen LogP contribution >= 0.6 is 12.4 Å². The molecule has 2 N–H and O–H groups in total. The Kier molecular flexibility index (Phi) is 3.09. The number of hydrogen-bond donors (Lipinski definition) is 1. The molecule has 1 aromatic carbocycles. The van der Waals surface area contributed by atoms with Gasteiger partial charge in [-0.25, -0.2) is 4.79 Å². The highest BCUT2D eigenvalue weighted by molar-refractivity contribution is 5.85. The fourth-order valence-corrected chi connectivity index (χ4v) is 1.24. The Bertz CT molecular complexity index is 457. The molecule has 0 atom stereocenters. The van der Waals surface area contributed by atoms with Crippen molar-refractivity contribution in [1.82, 2.24) is 4.90 Å². The number of rotatable bonds is 0. The van der Waals surface area contributed by atoms with E-state index in [4.69, 9.17) is 5.73 Å². The molecule has 1 aromatic rings. The normalized spacial score (nSPS) is 13.0. The number of hydrogen-bond acceptors (Lipinski definition) is 2. The summed E-state index contributed by atoms with van der Waals surface area (Å²) in [4.78, 5) is 16.4. The molecule has 5 heteroatoms. The molecule has 2 amide bonds. The third kappa shape index (κ3) is 1.85. The van der Waals surface area contributed by atoms with Gasteiger partial charge in [0.1, 0.15) is 6.67 Å². The first-order chi connectivity index (χ1) is 6.27. The van der Waals surface area contributed by atoms with Gasteiger partial charge in [0.15, 0.2) is 0 Å². The van der Waals surface area contributed by atoms with Crippen LogP contribution in [0, 0.1) is 0 Å². The van der Waals surface area contributed by atoms with Crippen molar-refractivity contribution in [1.29, 1.82) is 0 Å². The first kappa shape index (κ1) is 10.5. The molecule has 74 valence electrons. The van der Waals surface area contributed by atoms with E-state index in [1.807, 2.05) is 24.3 Å². The maximum absolute atomic E-state index is 10.8. The summed E-state index contributed by atoms with van der Waals surface area (Å²) in [7, 11) is 0. The summed E-state index contributed by atoms with van der Waals surface area (Å²) in [5.41, 5.74) is 5.12. The van der Waals surface area contributed by atoms with E-state index in [1.54, 1.807) is 6.20 Å². The number of nitrogens with two attached hydrogens (primary N) is 1. The monoisotopic (exact) mass is 211 g/mol. The molecule has 2 rings (SSSR count). The molecule has 0 radical (unpaired) electrons. The highest BCUT2D eigenvalue weighted by atomic mass is 35.5. The minimum absolute atomic E-state index is 0. The molecule has 0 aromatic heterocycles. The summed E-state index contributed by atoms with van der Waals surface area (Å²) in [5.74, 6) is 0. The Morgan fingerprint density at radius 1 is 1.43 bits per heavy atom. The number of carbonyl (C=O) groups excluding carboxylic acids is 1. The number of primary amides is 1. The zero-order chi connectivity index (χ0) is 9.26. The zero-order valence-corrected chi connectivity index (χ0v) is 8.20. The van der Waals surface area contributed by atoms with E-state index >= 15 is 0 Å². The summed E-state index contributed by atoms with van der Waals surface area (Å²) < 4.78 is 0. The van der Waals surface area contributed by atoms with E-state index in [0.29, 0.717) is 6.67 Å². The molecule has 0 spiro atoms. The van der Waals surface area contributed by atoms with Crippen LogP contribution in [0.25, 0.3) is 6.20 Å². The molecule has 1 aliphatic rings. The first-order valence-electron chi connectivity index (χ1n) is 3.95. The number of para-hydroxylation sites is 1. The van der Waals surface area contributed by atoms with Gasteiger partial charge in [-0.05, 0) is 6.07 Å². The van der Waals surface area contributed by atoms with Crippen molar-refractivity contribution in [2.75, 3.05) is 6.67 Å². The molecule has 4 nitrogen and oxygen atoms in total. The lowest BCUT2D eigenvalue weighted by Crippen LogP contribution is -2.40. The molecular formula is C9H10ClN3O. The van der Waals surface area contributed by atoms with Crippen LogP contribution in [-0.4, -0.2) is 17.6 Å². The molecular weight excluding hydrogens is 202 g/mol. The van der Waals surface area contributed by atoms with E-state index in [2.05, 4.69) is 4.99 Å². The number of fused-ring (bicyclic) bond motifs is 1. The van der Waals surface area contributed by atoms with E-state index in [0.717, 1.165) is 10.6 Å². The van der Waals surface area contributed by atoms with Crippen molar-refractivity contribution in [3.05, 3.63) is 34.8 Å². The Labute approximate surface area is 87.1 Å². The van der Waals surface area contributed by atoms with E-state index < -0.39 is 6.03 Å². The lowest BCUT2D eigenvalue weighted by atomic mass is 10.3. The molecule has 1 heterocycles. The number of carbonyl (C=O) groups is 1. The smallest absolute Gasteiger partial charge is 0.320 e. The van der Waals surface area contributed by atoms with Crippen molar-refractivity contribution in [2.24, 2.45) is 10.7 Å². The van der Waals surface area contributed by atoms with Crippen molar-refractivity contribution in [2.45, 2.75) is 0 Å². The van der Waals surface area contributed by atoms with Gasteiger partial charge in [0.05, 0.1) is 5.36 Å². The lowest BCUT2D eigenvalue weighted by molar-refractivity contribution is 0.229. The van der Waals surface area contributed by atoms with E-state index in [-0.39, 0.29) is 12.4 Å². The van der Waals surface area contributed by atoms with Crippen LogP contribution in [0.2, 0.25) is 0 Å². The van der Waals surface area contributed by atoms with Crippen LogP contribution in [0.1, 0.15) is 0 Å². The van der Waals surface area contributed by atoms with Gasteiger partial charge in [0, 0.05) is 11.4 Å². The highest BCUT2D eigenvalue weighted by Crippen LogP contribution is 1.91. The number of benzene rings is 1. The Morgan fingerprint density at radius 2 is 2.14 bits per heavy atom. The fourth-order valence-electron chi connectivity index (χ4n) is 1.24. The van der Waals surface area contributed by atoms with Crippen LogP contribution in [-0.2, 0) is 0 Å². The van der Waals surface area contributed by atoms with Gasteiger partial charge in [0.2, 0.25) is 0 Å². The average molecular weight is 212 g/mol. The third-order valence-corrected chi connectivity index (χ3v) is 1.91. The molecule has 0 fully saturated rings. The Hall–Kier alpha value is -1.55. The summed E-state index contributed by atoms with van der Waals surface area (Å²) >= 11 is 0. The molecule has 0 unspecified atom stereocenters. The highest BCUT2D eigenvalue weighted by Gasteiger charge is 2.07. The maximum atomic E-state index is 10.8. The predicted molar refractivity (Wildman–Crippen MR) is 55.2 cm³/mol. The molecule has 1 aliphatic heterocycles. The summed E-state index contributed by atoms with van der Waals surface area (Å²) in [5, 5.41) is 1.83. The third-order valence-electron chi connectivity index (χ3n) is 1.91. The maximum Gasteiger partial charge on any atom is 0.320 e. The van der Waals surface area contributed by atoms with Gasteiger partial charge < -0.3 is 5.73 Å². The first-order valence-corrected chi connectivity index (χ1v) is 3.95. The van der Waals surface area contributed by atoms with Crippen LogP contribution in [0.3, 0.4) is 0 Å². The molecule has 0 bridgehead atoms. The Balaban J connectivity index is 0.000000980. The SMILES string of the molecule is Cl.NC(=O)N1C=c2ccccc2=NC1. The number of halogens is 1. The lowest BCUT2D eigenvalue weighted by Gasteiger charge is -2.15. The molecule has 14 heavy (non-hydrogen) atoms. The molecule has 0 saturated carbocycles. The van der Waals surface area contributed by atoms with Crippen molar-refractivity contribution < 1.29 is 4.79 Å². The minimum Gasteiger partial charge on any atom is -0.351 e. The fraction of sp³-hybridized carbons (Fsp3) is 0.111. The number of urea groups is 1. The molecule has 0 saturated heterocycles. The topological polar surface area (TPSA) is 58.7 Å². The van der Waals surface area contributed by atoms with Gasteiger partial charge in [-0.2, -0.15) is 0 Å². The summed E-state index contributed by atoms with van der Waals surface area (Å²) in [6.45, 7) is 0.312. The molecule has 0 aliphatic carbocycles. The summed E-state index contributed by atoms with van der Waals surface area (Å²) in [6.07, 6.45) is 1.71. The van der Waals surface area contributed by atoms with Crippen molar-refractivity contribution in [3.8, 4) is 0 Å². The van der Waals surface area contributed by atoms with Crippen LogP contribution in [0.15, 0.2) is 29.3 Å². The van der Waals surface area contributed by atoms with Crippen LogP contribution in [0.5, 0.6) is 0 Å². The second-order valence-corrected chi connectivity index (χ2v) is 2.80. The number of nitrogens with zero attached hydrogens (tertiary/aromatic N) is 2. The van der Waals surface area contributed by atoms with Crippen molar-refractivity contribution in [3.63, 3.8) is 0 Å². The second kappa shape index (κ2) is 4.11. The quantitative estimate of drug-likeness (QED) is 0.636. The summed E-state index contributed by atoms with van der Waals surface area (Å²) in [6, 6.07) is 7.14. The van der Waals surface area contributed by atoms with Crippen molar-refractivity contribution >= 4 is 24.6 Å².